The van der Waals surface area contributed by atoms with Crippen LogP contribution in [0.1, 0.15) is 5.56 Å². The average molecular weight is 154 g/mol. The zero-order chi connectivity index (χ0) is 7.40. The molecule has 0 aromatic heterocycles. The molecule has 0 heterocycles. The summed E-state index contributed by atoms with van der Waals surface area (Å²) >= 11 is 4.22. The molecule has 0 atom stereocenters. The number of aliphatic hydroxyl groups excluding tert-OH is 1. The lowest BCUT2D eigenvalue weighted by molar-refractivity contribution is 0.299. The van der Waals surface area contributed by atoms with Crippen LogP contribution in [0.4, 0.5) is 0 Å². The highest BCUT2D eigenvalue weighted by atomic mass is 32.1. The second-order valence-corrected chi connectivity index (χ2v) is 2.58. The summed E-state index contributed by atoms with van der Waals surface area (Å²) in [4.78, 5) is 0.955. The van der Waals surface area contributed by atoms with Crippen LogP contribution in [-0.4, -0.2) is 11.7 Å². The van der Waals surface area contributed by atoms with Crippen LogP contribution in [0, 0.1) is 0 Å². The van der Waals surface area contributed by atoms with Crippen molar-refractivity contribution in [3.8, 4) is 0 Å². The Morgan fingerprint density at radius 1 is 1.30 bits per heavy atom. The second-order valence-electron chi connectivity index (χ2n) is 2.10. The summed E-state index contributed by atoms with van der Waals surface area (Å²) in [5.41, 5.74) is 1.10. The summed E-state index contributed by atoms with van der Waals surface area (Å²) in [7, 11) is 0. The first-order valence-corrected chi connectivity index (χ1v) is 3.67. The van der Waals surface area contributed by atoms with Crippen LogP contribution in [0.3, 0.4) is 0 Å². The largest absolute Gasteiger partial charge is 0.396 e. The Balaban J connectivity index is 2.81. The van der Waals surface area contributed by atoms with E-state index in [0.29, 0.717) is 6.42 Å². The molecule has 0 amide bonds. The molecule has 0 fully saturated rings. The first kappa shape index (κ1) is 7.63. The lowest BCUT2D eigenvalue weighted by Crippen LogP contribution is -1.90. The van der Waals surface area contributed by atoms with Crippen LogP contribution in [0.15, 0.2) is 29.2 Å². The SMILES string of the molecule is OCCc1ccccc1S. The van der Waals surface area contributed by atoms with Crippen molar-refractivity contribution in [2.24, 2.45) is 0 Å². The monoisotopic (exact) mass is 154 g/mol. The quantitative estimate of drug-likeness (QED) is 0.619. The van der Waals surface area contributed by atoms with Gasteiger partial charge < -0.3 is 5.11 Å². The molecule has 0 bridgehead atoms. The molecule has 2 heteroatoms. The van der Waals surface area contributed by atoms with Crippen LogP contribution in [-0.2, 0) is 6.42 Å². The number of hydrogen-bond donors (Lipinski definition) is 2. The van der Waals surface area contributed by atoms with Crippen molar-refractivity contribution in [2.75, 3.05) is 6.61 Å². The number of benzene rings is 1. The molecule has 1 aromatic rings. The lowest BCUT2D eigenvalue weighted by atomic mass is 10.2. The zero-order valence-corrected chi connectivity index (χ0v) is 6.51. The van der Waals surface area contributed by atoms with Gasteiger partial charge in [0.1, 0.15) is 0 Å². The highest BCUT2D eigenvalue weighted by molar-refractivity contribution is 7.80. The van der Waals surface area contributed by atoms with E-state index in [2.05, 4.69) is 12.6 Å². The second kappa shape index (κ2) is 3.64. The lowest BCUT2D eigenvalue weighted by Gasteiger charge is -1.99. The highest BCUT2D eigenvalue weighted by Gasteiger charge is 1.93. The van der Waals surface area contributed by atoms with Crippen LogP contribution < -0.4 is 0 Å². The molecular weight excluding hydrogens is 144 g/mol. The van der Waals surface area contributed by atoms with E-state index < -0.39 is 0 Å². The van der Waals surface area contributed by atoms with E-state index in [1.807, 2.05) is 24.3 Å². The Morgan fingerprint density at radius 3 is 2.60 bits per heavy atom. The van der Waals surface area contributed by atoms with Gasteiger partial charge >= 0.3 is 0 Å². The molecule has 54 valence electrons. The predicted octanol–water partition coefficient (Wildman–Crippen LogP) is 1.51. The van der Waals surface area contributed by atoms with E-state index in [4.69, 9.17) is 5.11 Å². The van der Waals surface area contributed by atoms with E-state index >= 15 is 0 Å². The van der Waals surface area contributed by atoms with Gasteiger partial charge in [0, 0.05) is 11.5 Å². The molecule has 1 nitrogen and oxygen atoms in total. The maximum Gasteiger partial charge on any atom is 0.0471 e. The highest BCUT2D eigenvalue weighted by Crippen LogP contribution is 2.12. The first-order chi connectivity index (χ1) is 4.84. The van der Waals surface area contributed by atoms with E-state index in [1.165, 1.54) is 0 Å². The van der Waals surface area contributed by atoms with Crippen molar-refractivity contribution in [1.82, 2.24) is 0 Å². The standard InChI is InChI=1S/C8H10OS/c9-6-5-7-3-1-2-4-8(7)10/h1-4,9-10H,5-6H2. The predicted molar refractivity (Wildman–Crippen MR) is 44.5 cm³/mol. The summed E-state index contributed by atoms with van der Waals surface area (Å²) in [6, 6.07) is 7.78. The number of rotatable bonds is 2. The molecule has 0 radical (unpaired) electrons. The van der Waals surface area contributed by atoms with E-state index in [-0.39, 0.29) is 6.61 Å². The van der Waals surface area contributed by atoms with Crippen molar-refractivity contribution >= 4 is 12.6 Å². The summed E-state index contributed by atoms with van der Waals surface area (Å²) in [5, 5.41) is 8.61. The van der Waals surface area contributed by atoms with Crippen molar-refractivity contribution in [3.05, 3.63) is 29.8 Å². The van der Waals surface area contributed by atoms with Gasteiger partial charge in [0.05, 0.1) is 0 Å². The summed E-state index contributed by atoms with van der Waals surface area (Å²) in [6.07, 6.45) is 0.694. The first-order valence-electron chi connectivity index (χ1n) is 3.22. The average Bonchev–Trinajstić information content (AvgIpc) is 1.94. The molecular formula is C8H10OS. The summed E-state index contributed by atoms with van der Waals surface area (Å²) in [6.45, 7) is 0.192. The molecule has 0 spiro atoms. The van der Waals surface area contributed by atoms with E-state index in [0.717, 1.165) is 10.5 Å². The van der Waals surface area contributed by atoms with Gasteiger partial charge in [0.25, 0.3) is 0 Å². The minimum atomic E-state index is 0.192. The minimum absolute atomic E-state index is 0.192. The molecule has 10 heavy (non-hydrogen) atoms. The number of aliphatic hydroxyl groups is 1. The van der Waals surface area contributed by atoms with Gasteiger partial charge in [-0.1, -0.05) is 18.2 Å². The fourth-order valence-electron chi connectivity index (χ4n) is 0.843. The molecule has 0 aliphatic heterocycles. The molecule has 1 aromatic carbocycles. The van der Waals surface area contributed by atoms with Gasteiger partial charge in [0.2, 0.25) is 0 Å². The van der Waals surface area contributed by atoms with Crippen molar-refractivity contribution < 1.29 is 5.11 Å². The molecule has 0 saturated heterocycles. The van der Waals surface area contributed by atoms with Crippen molar-refractivity contribution in [2.45, 2.75) is 11.3 Å². The van der Waals surface area contributed by atoms with E-state index in [1.54, 1.807) is 0 Å². The zero-order valence-electron chi connectivity index (χ0n) is 5.62. The normalized spacial score (nSPS) is 9.80. The third-order valence-electron chi connectivity index (χ3n) is 1.37. The van der Waals surface area contributed by atoms with Gasteiger partial charge in [-0.2, -0.15) is 0 Å². The molecule has 0 unspecified atom stereocenters. The van der Waals surface area contributed by atoms with Crippen LogP contribution >= 0.6 is 12.6 Å². The third kappa shape index (κ3) is 1.75. The summed E-state index contributed by atoms with van der Waals surface area (Å²) < 4.78 is 0. The van der Waals surface area contributed by atoms with Crippen molar-refractivity contribution in [1.29, 1.82) is 0 Å². The molecule has 0 aliphatic carbocycles. The molecule has 0 saturated carbocycles. The van der Waals surface area contributed by atoms with Gasteiger partial charge in [-0.25, -0.2) is 0 Å². The molecule has 0 aliphatic rings. The Labute approximate surface area is 66.1 Å². The van der Waals surface area contributed by atoms with Crippen LogP contribution in [0.2, 0.25) is 0 Å². The van der Waals surface area contributed by atoms with Crippen LogP contribution in [0.25, 0.3) is 0 Å². The van der Waals surface area contributed by atoms with Crippen molar-refractivity contribution in [3.63, 3.8) is 0 Å². The summed E-state index contributed by atoms with van der Waals surface area (Å²) in [5.74, 6) is 0. The Morgan fingerprint density at radius 2 is 2.00 bits per heavy atom. The Hall–Kier alpha value is -0.470. The minimum Gasteiger partial charge on any atom is -0.396 e. The molecule has 1 N–H and O–H groups in total. The fourth-order valence-corrected chi connectivity index (χ4v) is 1.12. The van der Waals surface area contributed by atoms with Gasteiger partial charge in [-0.15, -0.1) is 12.6 Å². The van der Waals surface area contributed by atoms with Crippen LogP contribution in [0.5, 0.6) is 0 Å². The Bertz CT molecular complexity index is 210. The number of thiol groups is 1. The van der Waals surface area contributed by atoms with Gasteiger partial charge in [-0.3, -0.25) is 0 Å². The number of hydrogen-bond acceptors (Lipinski definition) is 2. The maximum atomic E-state index is 8.61. The van der Waals surface area contributed by atoms with Gasteiger partial charge in [-0.05, 0) is 18.1 Å². The Kier molecular flexibility index (Phi) is 2.78. The maximum absolute atomic E-state index is 8.61. The fraction of sp³-hybridized carbons (Fsp3) is 0.250. The molecule has 1 rings (SSSR count). The smallest absolute Gasteiger partial charge is 0.0471 e. The topological polar surface area (TPSA) is 20.2 Å². The van der Waals surface area contributed by atoms with E-state index in [9.17, 15) is 0 Å². The van der Waals surface area contributed by atoms with Gasteiger partial charge in [0.15, 0.2) is 0 Å². The third-order valence-corrected chi connectivity index (χ3v) is 1.81.